The molecule has 0 saturated heterocycles. The van der Waals surface area contributed by atoms with E-state index in [2.05, 4.69) is 0 Å². The monoisotopic (exact) mass is 399 g/mol. The van der Waals surface area contributed by atoms with Gasteiger partial charge in [-0.05, 0) is 73.9 Å². The highest BCUT2D eigenvalue weighted by Crippen LogP contribution is 2.32. The van der Waals surface area contributed by atoms with E-state index in [0.717, 1.165) is 24.1 Å². The molecule has 1 aliphatic heterocycles. The van der Waals surface area contributed by atoms with Gasteiger partial charge < -0.3 is 14.1 Å². The maximum absolute atomic E-state index is 13.6. The molecule has 28 heavy (non-hydrogen) atoms. The van der Waals surface area contributed by atoms with Crippen molar-refractivity contribution < 1.29 is 18.3 Å². The summed E-state index contributed by atoms with van der Waals surface area (Å²) in [5, 5.41) is 0.585. The number of amides is 1. The number of hydrogen-bond donors (Lipinski definition) is 0. The van der Waals surface area contributed by atoms with Gasteiger partial charge in [0.15, 0.2) is 5.76 Å². The first kappa shape index (κ1) is 18.6. The van der Waals surface area contributed by atoms with Crippen molar-refractivity contribution in [3.05, 3.63) is 82.5 Å². The van der Waals surface area contributed by atoms with Gasteiger partial charge in [0.25, 0.3) is 5.91 Å². The van der Waals surface area contributed by atoms with Crippen LogP contribution in [0, 0.1) is 5.82 Å². The van der Waals surface area contributed by atoms with E-state index in [4.69, 9.17) is 20.8 Å². The summed E-state index contributed by atoms with van der Waals surface area (Å²) in [6.07, 6.45) is 1.52. The number of anilines is 1. The van der Waals surface area contributed by atoms with Crippen molar-refractivity contribution in [3.8, 4) is 5.75 Å². The van der Waals surface area contributed by atoms with Gasteiger partial charge >= 0.3 is 0 Å². The zero-order valence-electron chi connectivity index (χ0n) is 15.3. The number of fused-ring (bicyclic) bond motifs is 1. The van der Waals surface area contributed by atoms with Crippen LogP contribution in [0.4, 0.5) is 10.1 Å². The third-order valence-corrected chi connectivity index (χ3v) is 5.08. The fraction of sp³-hybridized carbons (Fsp3) is 0.227. The second-order valence-electron chi connectivity index (χ2n) is 6.85. The number of hydrogen-bond acceptors (Lipinski definition) is 3. The molecule has 0 aliphatic carbocycles. The summed E-state index contributed by atoms with van der Waals surface area (Å²) < 4.78 is 24.9. The van der Waals surface area contributed by atoms with Crippen LogP contribution in [0.15, 0.2) is 59.0 Å². The normalized spacial score (nSPS) is 16.0. The number of carbonyl (C=O) groups is 1. The van der Waals surface area contributed by atoms with E-state index in [1.807, 2.05) is 6.92 Å². The van der Waals surface area contributed by atoms with Crippen LogP contribution in [-0.2, 0) is 13.0 Å². The lowest BCUT2D eigenvalue weighted by Gasteiger charge is -2.34. The van der Waals surface area contributed by atoms with Crippen LogP contribution in [0.2, 0.25) is 5.02 Å². The predicted molar refractivity (Wildman–Crippen MR) is 105 cm³/mol. The Hall–Kier alpha value is -2.79. The first-order chi connectivity index (χ1) is 13.5. The zero-order chi connectivity index (χ0) is 19.7. The SMILES string of the molecule is C[C@@H]1CCc2cc(F)ccc2N1C(=O)c1ccc(COc2cccc(Cl)c2)o1. The lowest BCUT2D eigenvalue weighted by molar-refractivity contribution is 0.0944. The minimum Gasteiger partial charge on any atom is -0.486 e. The fourth-order valence-corrected chi connectivity index (χ4v) is 3.61. The first-order valence-electron chi connectivity index (χ1n) is 9.10. The molecular formula is C22H19ClFNO3. The van der Waals surface area contributed by atoms with Gasteiger partial charge in [-0.1, -0.05) is 17.7 Å². The largest absolute Gasteiger partial charge is 0.486 e. The molecule has 0 radical (unpaired) electrons. The van der Waals surface area contributed by atoms with E-state index in [-0.39, 0.29) is 30.1 Å². The van der Waals surface area contributed by atoms with E-state index in [9.17, 15) is 9.18 Å². The van der Waals surface area contributed by atoms with E-state index in [1.54, 1.807) is 47.4 Å². The minimum absolute atomic E-state index is 0.00159. The molecule has 2 aromatic carbocycles. The smallest absolute Gasteiger partial charge is 0.294 e. The zero-order valence-corrected chi connectivity index (χ0v) is 16.1. The van der Waals surface area contributed by atoms with Crippen molar-refractivity contribution in [2.24, 2.45) is 0 Å². The summed E-state index contributed by atoms with van der Waals surface area (Å²) in [5.41, 5.74) is 1.57. The van der Waals surface area contributed by atoms with E-state index in [1.165, 1.54) is 12.1 Å². The summed E-state index contributed by atoms with van der Waals surface area (Å²) in [4.78, 5) is 14.7. The number of halogens is 2. The average molecular weight is 400 g/mol. The Morgan fingerprint density at radius 2 is 2.11 bits per heavy atom. The topological polar surface area (TPSA) is 42.7 Å². The Balaban J connectivity index is 1.51. The second-order valence-corrected chi connectivity index (χ2v) is 7.28. The fourth-order valence-electron chi connectivity index (χ4n) is 3.43. The van der Waals surface area contributed by atoms with E-state index in [0.29, 0.717) is 16.5 Å². The Morgan fingerprint density at radius 3 is 2.93 bits per heavy atom. The Labute approximate surface area is 167 Å². The molecule has 144 valence electrons. The number of furan rings is 1. The number of nitrogens with zero attached hydrogens (tertiary/aromatic N) is 1. The third kappa shape index (κ3) is 3.76. The van der Waals surface area contributed by atoms with Gasteiger partial charge in [-0.15, -0.1) is 0 Å². The average Bonchev–Trinajstić information content (AvgIpc) is 3.15. The highest BCUT2D eigenvalue weighted by molar-refractivity contribution is 6.30. The number of benzene rings is 2. The van der Waals surface area contributed by atoms with Gasteiger partial charge in [-0.3, -0.25) is 4.79 Å². The van der Waals surface area contributed by atoms with Crippen molar-refractivity contribution >= 4 is 23.2 Å². The van der Waals surface area contributed by atoms with Gasteiger partial charge in [-0.25, -0.2) is 4.39 Å². The molecule has 0 bridgehead atoms. The molecule has 3 aromatic rings. The molecule has 2 heterocycles. The third-order valence-electron chi connectivity index (χ3n) is 4.84. The summed E-state index contributed by atoms with van der Waals surface area (Å²) in [7, 11) is 0. The summed E-state index contributed by atoms with van der Waals surface area (Å²) in [6, 6.07) is 15.0. The number of aryl methyl sites for hydroxylation is 1. The summed E-state index contributed by atoms with van der Waals surface area (Å²) >= 11 is 5.95. The highest BCUT2D eigenvalue weighted by atomic mass is 35.5. The van der Waals surface area contributed by atoms with Gasteiger partial charge in [0.05, 0.1) is 0 Å². The van der Waals surface area contributed by atoms with Crippen LogP contribution in [0.1, 0.15) is 35.2 Å². The van der Waals surface area contributed by atoms with Crippen molar-refractivity contribution in [2.45, 2.75) is 32.4 Å². The number of ether oxygens (including phenoxy) is 1. The molecule has 0 spiro atoms. The number of carbonyl (C=O) groups excluding carboxylic acids is 1. The van der Waals surface area contributed by atoms with Crippen LogP contribution in [0.25, 0.3) is 0 Å². The van der Waals surface area contributed by atoms with Gasteiger partial charge in [-0.2, -0.15) is 0 Å². The molecule has 0 N–H and O–H groups in total. The quantitative estimate of drug-likeness (QED) is 0.570. The van der Waals surface area contributed by atoms with Gasteiger partial charge in [0.1, 0.15) is 23.9 Å². The standard InChI is InChI=1S/C22H19ClFNO3/c1-14-5-6-15-11-17(24)7-9-20(15)25(14)22(26)21-10-8-19(28-21)13-27-18-4-2-3-16(23)12-18/h2-4,7-12,14H,5-6,13H2,1H3/t14-/m1/s1. The molecule has 6 heteroatoms. The summed E-state index contributed by atoms with van der Waals surface area (Å²) in [6.45, 7) is 2.17. The maximum atomic E-state index is 13.6. The predicted octanol–water partition coefficient (Wildman–Crippen LogP) is 5.63. The Kier molecular flexibility index (Phi) is 5.09. The molecule has 0 saturated carbocycles. The minimum atomic E-state index is -0.292. The number of rotatable bonds is 4. The molecule has 1 amide bonds. The molecular weight excluding hydrogens is 381 g/mol. The molecule has 0 fully saturated rings. The van der Waals surface area contributed by atoms with Crippen LogP contribution in [0.3, 0.4) is 0 Å². The van der Waals surface area contributed by atoms with Crippen LogP contribution >= 0.6 is 11.6 Å². The maximum Gasteiger partial charge on any atom is 0.294 e. The van der Waals surface area contributed by atoms with Crippen LogP contribution in [-0.4, -0.2) is 11.9 Å². The Bertz CT molecular complexity index is 1020. The second kappa shape index (κ2) is 7.68. The van der Waals surface area contributed by atoms with Crippen molar-refractivity contribution in [2.75, 3.05) is 4.90 Å². The molecule has 1 aromatic heterocycles. The highest BCUT2D eigenvalue weighted by Gasteiger charge is 2.30. The summed E-state index contributed by atoms with van der Waals surface area (Å²) in [5.74, 6) is 0.853. The van der Waals surface area contributed by atoms with Crippen molar-refractivity contribution in [1.29, 1.82) is 0 Å². The molecule has 1 aliphatic rings. The molecule has 4 rings (SSSR count). The van der Waals surface area contributed by atoms with Crippen LogP contribution < -0.4 is 9.64 Å². The van der Waals surface area contributed by atoms with Crippen molar-refractivity contribution in [1.82, 2.24) is 0 Å². The van der Waals surface area contributed by atoms with E-state index < -0.39 is 0 Å². The van der Waals surface area contributed by atoms with Crippen molar-refractivity contribution in [3.63, 3.8) is 0 Å². The van der Waals surface area contributed by atoms with Crippen LogP contribution in [0.5, 0.6) is 5.75 Å². The lowest BCUT2D eigenvalue weighted by Crippen LogP contribution is -2.42. The van der Waals surface area contributed by atoms with Gasteiger partial charge in [0.2, 0.25) is 0 Å². The Morgan fingerprint density at radius 1 is 1.25 bits per heavy atom. The van der Waals surface area contributed by atoms with E-state index >= 15 is 0 Å². The molecule has 0 unspecified atom stereocenters. The lowest BCUT2D eigenvalue weighted by atomic mass is 9.96. The first-order valence-corrected chi connectivity index (χ1v) is 9.48. The molecule has 4 nitrogen and oxygen atoms in total. The molecule has 1 atom stereocenters. The van der Waals surface area contributed by atoms with Gasteiger partial charge in [0, 0.05) is 16.8 Å².